The minimum absolute atomic E-state index is 0.0339. The minimum Gasteiger partial charge on any atom is -0.487 e. The number of ether oxygens (including phenoxy) is 1. The molecule has 0 bridgehead atoms. The molecule has 0 atom stereocenters. The van der Waals surface area contributed by atoms with E-state index in [0.717, 1.165) is 30.1 Å². The third-order valence-electron chi connectivity index (χ3n) is 4.73. The molecule has 104 valence electrons. The van der Waals surface area contributed by atoms with Crippen LogP contribution in [0.15, 0.2) is 30.8 Å². The van der Waals surface area contributed by atoms with E-state index in [1.54, 1.807) is 0 Å². The highest BCUT2D eigenvalue weighted by Crippen LogP contribution is 2.41. The maximum Gasteiger partial charge on any atom is 0.120 e. The lowest BCUT2D eigenvalue weighted by molar-refractivity contribution is 0.00232. The van der Waals surface area contributed by atoms with Gasteiger partial charge in [-0.2, -0.15) is 0 Å². The fraction of sp³-hybridized carbons (Fsp3) is 0.556. The van der Waals surface area contributed by atoms with Crippen LogP contribution >= 0.6 is 0 Å². The number of hydrogen-bond donors (Lipinski definition) is 0. The third kappa shape index (κ3) is 3.02. The van der Waals surface area contributed by atoms with Gasteiger partial charge >= 0.3 is 0 Å². The van der Waals surface area contributed by atoms with Crippen LogP contribution in [0, 0.1) is 5.92 Å². The Bertz CT molecular complexity index is 394. The van der Waals surface area contributed by atoms with Gasteiger partial charge in [-0.3, -0.25) is 0 Å². The summed E-state index contributed by atoms with van der Waals surface area (Å²) in [6, 6.07) is 8.30. The first kappa shape index (κ1) is 14.2. The molecular weight excluding hydrogens is 232 g/mol. The lowest BCUT2D eigenvalue weighted by atomic mass is 9.81. The van der Waals surface area contributed by atoms with Crippen LogP contribution in [-0.4, -0.2) is 5.60 Å². The Labute approximate surface area is 117 Å². The van der Waals surface area contributed by atoms with Crippen LogP contribution in [-0.2, 0) is 0 Å². The molecule has 2 rings (SSSR count). The zero-order chi connectivity index (χ0) is 13.7. The first-order valence-electron chi connectivity index (χ1n) is 7.65. The Balaban J connectivity index is 2.16. The van der Waals surface area contributed by atoms with Crippen molar-refractivity contribution in [2.45, 2.75) is 58.0 Å². The molecule has 0 heterocycles. The van der Waals surface area contributed by atoms with Crippen LogP contribution in [0.2, 0.25) is 0 Å². The summed E-state index contributed by atoms with van der Waals surface area (Å²) in [5.74, 6) is 1.72. The van der Waals surface area contributed by atoms with Crippen LogP contribution in [0.4, 0.5) is 0 Å². The van der Waals surface area contributed by atoms with Gasteiger partial charge in [-0.25, -0.2) is 0 Å². The van der Waals surface area contributed by atoms with E-state index >= 15 is 0 Å². The Hall–Kier alpha value is -1.24. The zero-order valence-electron chi connectivity index (χ0n) is 12.3. The molecule has 0 unspecified atom stereocenters. The van der Waals surface area contributed by atoms with Gasteiger partial charge in [-0.1, -0.05) is 51.5 Å². The van der Waals surface area contributed by atoms with Gasteiger partial charge in [0.15, 0.2) is 0 Å². The fourth-order valence-corrected chi connectivity index (χ4v) is 3.41. The summed E-state index contributed by atoms with van der Waals surface area (Å²) in [4.78, 5) is 0. The van der Waals surface area contributed by atoms with Gasteiger partial charge in [0.1, 0.15) is 11.4 Å². The van der Waals surface area contributed by atoms with Crippen LogP contribution < -0.4 is 4.74 Å². The van der Waals surface area contributed by atoms with Gasteiger partial charge < -0.3 is 4.74 Å². The number of hydrogen-bond acceptors (Lipinski definition) is 1. The van der Waals surface area contributed by atoms with E-state index in [1.807, 2.05) is 6.08 Å². The molecule has 1 aromatic carbocycles. The molecule has 0 amide bonds. The van der Waals surface area contributed by atoms with Crippen LogP contribution in [0.5, 0.6) is 5.75 Å². The SMILES string of the molecule is C=Cc1ccc(OC(CC)(CC)C2CCCC2)cc1. The van der Waals surface area contributed by atoms with Crippen molar-refractivity contribution in [3.05, 3.63) is 36.4 Å². The topological polar surface area (TPSA) is 9.23 Å². The van der Waals surface area contributed by atoms with Crippen molar-refractivity contribution in [1.82, 2.24) is 0 Å². The van der Waals surface area contributed by atoms with E-state index in [-0.39, 0.29) is 5.60 Å². The highest BCUT2D eigenvalue weighted by Gasteiger charge is 2.39. The first-order chi connectivity index (χ1) is 9.24. The Morgan fingerprint density at radius 1 is 1.16 bits per heavy atom. The van der Waals surface area contributed by atoms with Crippen molar-refractivity contribution in [3.63, 3.8) is 0 Å². The lowest BCUT2D eigenvalue weighted by Gasteiger charge is -2.38. The van der Waals surface area contributed by atoms with Crippen molar-refractivity contribution >= 4 is 6.08 Å². The second-order valence-corrected chi connectivity index (χ2v) is 5.63. The quantitative estimate of drug-likeness (QED) is 0.658. The van der Waals surface area contributed by atoms with Crippen molar-refractivity contribution < 1.29 is 4.74 Å². The van der Waals surface area contributed by atoms with Gasteiger partial charge in [-0.15, -0.1) is 0 Å². The van der Waals surface area contributed by atoms with Gasteiger partial charge in [0.25, 0.3) is 0 Å². The average Bonchev–Trinajstić information content (AvgIpc) is 3.00. The van der Waals surface area contributed by atoms with Crippen molar-refractivity contribution in [2.24, 2.45) is 5.92 Å². The van der Waals surface area contributed by atoms with E-state index in [1.165, 1.54) is 25.7 Å². The number of benzene rings is 1. The largest absolute Gasteiger partial charge is 0.487 e. The molecule has 0 N–H and O–H groups in total. The molecule has 0 saturated heterocycles. The smallest absolute Gasteiger partial charge is 0.120 e. The summed E-state index contributed by atoms with van der Waals surface area (Å²) in [6.07, 6.45) is 9.44. The third-order valence-corrected chi connectivity index (χ3v) is 4.73. The molecule has 0 aliphatic heterocycles. The molecule has 1 saturated carbocycles. The summed E-state index contributed by atoms with van der Waals surface area (Å²) in [5, 5.41) is 0. The Morgan fingerprint density at radius 3 is 2.21 bits per heavy atom. The summed E-state index contributed by atoms with van der Waals surface area (Å²) in [7, 11) is 0. The molecule has 0 aromatic heterocycles. The standard InChI is InChI=1S/C18H26O/c1-4-15-11-13-17(14-12-15)19-18(5-2,6-3)16-9-7-8-10-16/h4,11-14,16H,1,5-10H2,2-3H3. The van der Waals surface area contributed by atoms with Gasteiger partial charge in [0, 0.05) is 0 Å². The molecule has 1 fully saturated rings. The molecule has 1 aromatic rings. The molecule has 1 aliphatic rings. The highest BCUT2D eigenvalue weighted by atomic mass is 16.5. The van der Waals surface area contributed by atoms with Gasteiger partial charge in [0.05, 0.1) is 0 Å². The van der Waals surface area contributed by atoms with E-state index in [9.17, 15) is 0 Å². The minimum atomic E-state index is 0.0339. The van der Waals surface area contributed by atoms with Gasteiger partial charge in [0.2, 0.25) is 0 Å². The average molecular weight is 258 g/mol. The van der Waals surface area contributed by atoms with Crippen molar-refractivity contribution in [1.29, 1.82) is 0 Å². The maximum atomic E-state index is 6.45. The van der Waals surface area contributed by atoms with E-state index < -0.39 is 0 Å². The molecular formula is C18H26O. The summed E-state index contributed by atoms with van der Waals surface area (Å²) in [5.41, 5.74) is 1.18. The molecule has 1 nitrogen and oxygen atoms in total. The zero-order valence-corrected chi connectivity index (χ0v) is 12.3. The van der Waals surface area contributed by atoms with E-state index in [2.05, 4.69) is 44.7 Å². The second kappa shape index (κ2) is 6.27. The van der Waals surface area contributed by atoms with Crippen LogP contribution in [0.25, 0.3) is 6.08 Å². The monoisotopic (exact) mass is 258 g/mol. The normalized spacial score (nSPS) is 16.5. The molecule has 0 spiro atoms. The predicted molar refractivity (Wildman–Crippen MR) is 82.4 cm³/mol. The first-order valence-corrected chi connectivity index (χ1v) is 7.65. The van der Waals surface area contributed by atoms with Crippen LogP contribution in [0.1, 0.15) is 57.9 Å². The van der Waals surface area contributed by atoms with Crippen molar-refractivity contribution in [3.8, 4) is 5.75 Å². The maximum absolute atomic E-state index is 6.45. The van der Waals surface area contributed by atoms with Gasteiger partial charge in [-0.05, 0) is 49.3 Å². The highest BCUT2D eigenvalue weighted by molar-refractivity contribution is 5.48. The van der Waals surface area contributed by atoms with Crippen molar-refractivity contribution in [2.75, 3.05) is 0 Å². The summed E-state index contributed by atoms with van der Waals surface area (Å²) < 4.78 is 6.45. The molecule has 0 radical (unpaired) electrons. The van der Waals surface area contributed by atoms with E-state index in [0.29, 0.717) is 0 Å². The Morgan fingerprint density at radius 2 is 1.74 bits per heavy atom. The number of rotatable bonds is 6. The molecule has 1 aliphatic carbocycles. The predicted octanol–water partition coefficient (Wildman–Crippen LogP) is 5.46. The molecule has 19 heavy (non-hydrogen) atoms. The lowest BCUT2D eigenvalue weighted by Crippen LogP contribution is -2.41. The van der Waals surface area contributed by atoms with E-state index in [4.69, 9.17) is 4.74 Å². The molecule has 1 heteroatoms. The fourth-order valence-electron chi connectivity index (χ4n) is 3.41. The van der Waals surface area contributed by atoms with Crippen LogP contribution in [0.3, 0.4) is 0 Å². The summed E-state index contributed by atoms with van der Waals surface area (Å²) in [6.45, 7) is 8.32. The Kier molecular flexibility index (Phi) is 4.68. The summed E-state index contributed by atoms with van der Waals surface area (Å²) >= 11 is 0. The second-order valence-electron chi connectivity index (χ2n) is 5.63.